The molecule has 3 aromatic rings. The van der Waals surface area contributed by atoms with Gasteiger partial charge in [-0.1, -0.05) is 18.2 Å². The summed E-state index contributed by atoms with van der Waals surface area (Å²) in [5.41, 5.74) is 5.49. The molecule has 2 aliphatic heterocycles. The first-order chi connectivity index (χ1) is 20.6. The Bertz CT molecular complexity index is 1600. The van der Waals surface area contributed by atoms with E-state index in [1.807, 2.05) is 0 Å². The van der Waals surface area contributed by atoms with Crippen LogP contribution in [0.15, 0.2) is 54.6 Å². The van der Waals surface area contributed by atoms with Crippen LogP contribution in [0.3, 0.4) is 0 Å². The van der Waals surface area contributed by atoms with E-state index in [4.69, 9.17) is 10.5 Å². The van der Waals surface area contributed by atoms with Crippen LogP contribution < -0.4 is 15.4 Å². The van der Waals surface area contributed by atoms with Crippen molar-refractivity contribution < 1.29 is 27.2 Å². The molecule has 0 radical (unpaired) electrons. The standard InChI is InChI=1S/C27H30F2N6O3S/c1-33(2)13-18-23-25(36)35(21-11-12-22(38-3)32-31-21)27(37)34(14-17-19(28)5-4-6-20(17)29)26(23)39-24(18)15-7-9-16(30)10-8-15/h4-12,18,23-24,26H,13-14,30,39H2,1-3H3/i18D,23D,24D,39D2. The van der Waals surface area contributed by atoms with Crippen LogP contribution in [-0.4, -0.2) is 67.3 Å². The number of urea groups is 1. The molecule has 2 saturated heterocycles. The van der Waals surface area contributed by atoms with E-state index in [1.165, 1.54) is 48.4 Å². The predicted octanol–water partition coefficient (Wildman–Crippen LogP) is 3.39. The summed E-state index contributed by atoms with van der Waals surface area (Å²) in [6, 6.07) is 9.82. The monoisotopic (exact) mass is 561 g/mol. The summed E-state index contributed by atoms with van der Waals surface area (Å²) in [6.45, 7) is -1.38. The number of amides is 3. The van der Waals surface area contributed by atoms with Gasteiger partial charge in [-0.05, 0) is 50.0 Å². The minimum Gasteiger partial charge on any atom is -0.480 e. The van der Waals surface area contributed by atoms with E-state index in [0.29, 0.717) is 15.5 Å². The quantitative estimate of drug-likeness (QED) is 0.441. The molecule has 2 aromatic carbocycles. The normalized spacial score (nSPS) is 32.6. The van der Waals surface area contributed by atoms with E-state index in [1.54, 1.807) is 14.1 Å². The molecule has 12 heteroatoms. The molecule has 39 heavy (non-hydrogen) atoms. The number of fused-ring (bicyclic) bond motifs is 1. The second-order valence-corrected chi connectivity index (χ2v) is 10.3. The van der Waals surface area contributed by atoms with Crippen molar-refractivity contribution in [1.29, 1.82) is 2.25 Å². The largest absolute Gasteiger partial charge is 0.480 e. The lowest BCUT2D eigenvalue weighted by molar-refractivity contribution is -0.125. The SMILES string of the molecule is [2H]C12C(=O)N(c3ccc(OC)nn3)C(=O)N(Cc3c(F)cccc3F)C1S([2H])([2H])C([2H])(c1ccc(N)cc1)C2([2H])CN(C)C. The second kappa shape index (κ2) is 10.8. The number of hydrogen-bond acceptors (Lipinski definition) is 7. The number of hydrogen-bond donors (Lipinski definition) is 1. The number of rotatable bonds is 7. The molecule has 4 unspecified atom stereocenters. The Morgan fingerprint density at radius 2 is 1.79 bits per heavy atom. The zero-order valence-electron chi connectivity index (χ0n) is 26.4. The highest BCUT2D eigenvalue weighted by Gasteiger charge is 2.56. The molecule has 2 fully saturated rings. The summed E-state index contributed by atoms with van der Waals surface area (Å²) >= 11 is -4.26. The van der Waals surface area contributed by atoms with Gasteiger partial charge in [-0.3, -0.25) is 4.79 Å². The van der Waals surface area contributed by atoms with Gasteiger partial charge < -0.3 is 20.3 Å². The van der Waals surface area contributed by atoms with Crippen molar-refractivity contribution in [2.45, 2.75) is 17.1 Å². The second-order valence-electron chi connectivity index (χ2n) is 9.24. The molecule has 1 aromatic heterocycles. The number of nitrogen functional groups attached to an aromatic ring is 1. The van der Waals surface area contributed by atoms with Crippen LogP contribution in [0.5, 0.6) is 5.88 Å². The summed E-state index contributed by atoms with van der Waals surface area (Å²) in [5.74, 6) is -9.27. The van der Waals surface area contributed by atoms with Crippen molar-refractivity contribution in [3.8, 4) is 5.88 Å². The van der Waals surface area contributed by atoms with Crippen molar-refractivity contribution in [3.05, 3.63) is 77.4 Å². The molecule has 9 nitrogen and oxygen atoms in total. The molecule has 2 N–H and O–H groups in total. The Labute approximate surface area is 235 Å². The number of carbonyl (C=O) groups excluding carboxylic acids is 2. The van der Waals surface area contributed by atoms with Crippen LogP contribution in [0, 0.1) is 23.4 Å². The lowest BCUT2D eigenvalue weighted by Crippen LogP contribution is -2.61. The van der Waals surface area contributed by atoms with Crippen molar-refractivity contribution in [1.82, 2.24) is 20.0 Å². The van der Waals surface area contributed by atoms with Gasteiger partial charge in [-0.25, -0.2) is 30.0 Å². The average molecular weight is 562 g/mol. The average Bonchev–Trinajstić information content (AvgIpc) is 3.06. The maximum atomic E-state index is 15.0. The highest BCUT2D eigenvalue weighted by molar-refractivity contribution is 8.00. The van der Waals surface area contributed by atoms with Crippen molar-refractivity contribution in [3.63, 3.8) is 0 Å². The number of ether oxygens (including phenoxy) is 1. The summed E-state index contributed by atoms with van der Waals surface area (Å²) in [6.07, 6.45) is 0. The Morgan fingerprint density at radius 1 is 1.10 bits per heavy atom. The number of carbonyl (C=O) groups is 2. The maximum absolute atomic E-state index is 15.0. The molecule has 4 atom stereocenters. The smallest absolute Gasteiger partial charge is 0.333 e. The summed E-state index contributed by atoms with van der Waals surface area (Å²) in [5, 5.41) is 2.97. The van der Waals surface area contributed by atoms with Gasteiger partial charge in [-0.15, -0.1) is 10.2 Å². The molecule has 0 aliphatic carbocycles. The lowest BCUT2D eigenvalue weighted by Gasteiger charge is -2.42. The molecule has 0 spiro atoms. The maximum Gasteiger partial charge on any atom is 0.333 e. The molecular formula is C27H30F2N6O3S. The van der Waals surface area contributed by atoms with E-state index >= 15 is 8.78 Å². The summed E-state index contributed by atoms with van der Waals surface area (Å²) in [7, 11) is 4.40. The number of nitrogens with zero attached hydrogens (tertiary/aromatic N) is 5. The topological polar surface area (TPSA) is 105 Å². The number of imide groups is 1. The van der Waals surface area contributed by atoms with Crippen LogP contribution in [-0.2, 0) is 11.3 Å². The zero-order chi connectivity index (χ0) is 32.4. The van der Waals surface area contributed by atoms with Crippen molar-refractivity contribution in [2.24, 2.45) is 11.8 Å². The number of anilines is 2. The van der Waals surface area contributed by atoms with E-state index in [0.717, 1.165) is 18.2 Å². The first-order valence-electron chi connectivity index (χ1n) is 14.2. The molecule has 3 heterocycles. The Kier molecular flexibility index (Phi) is 5.83. The van der Waals surface area contributed by atoms with Gasteiger partial charge in [0.05, 0.1) is 27.2 Å². The van der Waals surface area contributed by atoms with Gasteiger partial charge in [-0.2, -0.15) is 0 Å². The Hall–Kier alpha value is -3.77. The number of nitrogens with two attached hydrogens (primary N) is 1. The molecule has 0 saturated carbocycles. The van der Waals surface area contributed by atoms with Gasteiger partial charge in [0.15, 0.2) is 5.82 Å². The fraction of sp³-hybridized carbons (Fsp3) is 0.333. The van der Waals surface area contributed by atoms with Crippen molar-refractivity contribution >= 4 is 35.0 Å². The third-order valence-electron chi connectivity index (χ3n) is 6.33. The highest BCUT2D eigenvalue weighted by atomic mass is 32.2. The summed E-state index contributed by atoms with van der Waals surface area (Å²) < 4.78 is 83.4. The Balaban J connectivity index is 1.83. The van der Waals surface area contributed by atoms with Gasteiger partial charge in [0.2, 0.25) is 11.8 Å². The van der Waals surface area contributed by atoms with Crippen LogP contribution >= 0.6 is 11.6 Å². The number of aromatic nitrogens is 2. The minimum atomic E-state index is -4.26. The predicted molar refractivity (Wildman–Crippen MR) is 147 cm³/mol. The van der Waals surface area contributed by atoms with Crippen molar-refractivity contribution in [2.75, 3.05) is 38.4 Å². The van der Waals surface area contributed by atoms with Crippen LogP contribution in [0.2, 0.25) is 0 Å². The molecule has 2 aliphatic rings. The molecule has 206 valence electrons. The number of halogens is 2. The third-order valence-corrected chi connectivity index (χ3v) is 7.76. The number of methoxy groups -OCH3 is 1. The molecule has 0 bridgehead atoms. The van der Waals surface area contributed by atoms with E-state index < -0.39 is 76.2 Å². The first kappa shape index (κ1) is 21.1. The van der Waals surface area contributed by atoms with Crippen LogP contribution in [0.4, 0.5) is 25.1 Å². The molecular weight excluding hydrogens is 526 g/mol. The third kappa shape index (κ3) is 5.01. The molecule has 5 rings (SSSR count). The highest BCUT2D eigenvalue weighted by Crippen LogP contribution is 2.56. The van der Waals surface area contributed by atoms with Gasteiger partial charge in [0.25, 0.3) is 0 Å². The van der Waals surface area contributed by atoms with Gasteiger partial charge in [0, 0.05) is 39.1 Å². The molecule has 3 amide bonds. The van der Waals surface area contributed by atoms with Crippen LogP contribution in [0.1, 0.15) is 20.5 Å². The number of benzene rings is 2. The fourth-order valence-corrected chi connectivity index (χ4v) is 5.97. The van der Waals surface area contributed by atoms with Gasteiger partial charge in [0.1, 0.15) is 11.6 Å². The van der Waals surface area contributed by atoms with E-state index in [2.05, 4.69) is 10.2 Å². The van der Waals surface area contributed by atoms with E-state index in [-0.39, 0.29) is 17.3 Å². The lowest BCUT2D eigenvalue weighted by atomic mass is 9.83. The van der Waals surface area contributed by atoms with Gasteiger partial charge >= 0.3 is 6.03 Å². The first-order valence-corrected chi connectivity index (χ1v) is 12.8. The Morgan fingerprint density at radius 3 is 2.38 bits per heavy atom. The van der Waals surface area contributed by atoms with E-state index in [9.17, 15) is 15.9 Å². The van der Waals surface area contributed by atoms with Crippen LogP contribution in [0.25, 0.3) is 0 Å². The fourth-order valence-electron chi connectivity index (χ4n) is 4.50. The minimum absolute atomic E-state index is 0.0343. The zero-order valence-corrected chi connectivity index (χ0v) is 22.2. The summed E-state index contributed by atoms with van der Waals surface area (Å²) in [4.78, 5) is 31.3.